The van der Waals surface area contributed by atoms with Gasteiger partial charge in [0.25, 0.3) is 5.91 Å². The van der Waals surface area contributed by atoms with Crippen LogP contribution in [0.25, 0.3) is 0 Å². The van der Waals surface area contributed by atoms with Crippen molar-refractivity contribution in [1.29, 1.82) is 0 Å². The fraction of sp³-hybridized carbons (Fsp3) is 0.933. The van der Waals surface area contributed by atoms with Crippen molar-refractivity contribution in [3.63, 3.8) is 0 Å². The van der Waals surface area contributed by atoms with Crippen LogP contribution in [0.1, 0.15) is 71.6 Å². The predicted molar refractivity (Wildman–Crippen MR) is 80.1 cm³/mol. The summed E-state index contributed by atoms with van der Waals surface area (Å²) in [4.78, 5) is 21.0. The van der Waals surface area contributed by atoms with Crippen LogP contribution in [-0.4, -0.2) is 19.0 Å². The maximum absolute atomic E-state index is 10.9. The first-order chi connectivity index (χ1) is 9.22. The summed E-state index contributed by atoms with van der Waals surface area (Å²) in [6.07, 6.45) is 10.8. The van der Waals surface area contributed by atoms with Crippen molar-refractivity contribution < 1.29 is 4.79 Å². The third-order valence-electron chi connectivity index (χ3n) is 3.46. The van der Waals surface area contributed by atoms with Crippen molar-refractivity contribution in [2.75, 3.05) is 13.1 Å². The molecule has 1 atom stereocenters. The molecule has 1 amide bonds. The Kier molecular flexibility index (Phi) is 13.1. The summed E-state index contributed by atoms with van der Waals surface area (Å²) in [5, 5.41) is 5.88. The Bertz CT molecular complexity index is 232. The molecule has 4 heteroatoms. The molecule has 0 spiro atoms. The number of hydrogen-bond donors (Lipinski definition) is 1. The monoisotopic (exact) mass is 270 g/mol. The van der Waals surface area contributed by atoms with E-state index in [1.54, 1.807) is 6.92 Å². The van der Waals surface area contributed by atoms with Crippen LogP contribution in [0.5, 0.6) is 0 Å². The number of carbonyl (C=O) groups is 1. The fourth-order valence-electron chi connectivity index (χ4n) is 2.07. The number of nitrogens with zero attached hydrogens (tertiary/aromatic N) is 1. The summed E-state index contributed by atoms with van der Waals surface area (Å²) in [6, 6.07) is 0. The molecular formula is C15H30N2O2. The van der Waals surface area contributed by atoms with Crippen molar-refractivity contribution in [3.8, 4) is 0 Å². The van der Waals surface area contributed by atoms with Crippen LogP contribution >= 0.6 is 0 Å². The first-order valence-electron chi connectivity index (χ1n) is 7.80. The van der Waals surface area contributed by atoms with Gasteiger partial charge in [-0.25, -0.2) is 0 Å². The summed E-state index contributed by atoms with van der Waals surface area (Å²) in [5.41, 5.74) is 0. The van der Waals surface area contributed by atoms with Gasteiger partial charge in [0.1, 0.15) is 0 Å². The number of rotatable bonds is 13. The van der Waals surface area contributed by atoms with Gasteiger partial charge in [0.05, 0.1) is 0 Å². The van der Waals surface area contributed by atoms with Crippen molar-refractivity contribution in [3.05, 3.63) is 4.91 Å². The Morgan fingerprint density at radius 2 is 1.58 bits per heavy atom. The second-order valence-corrected chi connectivity index (χ2v) is 5.34. The van der Waals surface area contributed by atoms with Crippen LogP contribution in [-0.2, 0) is 4.79 Å². The van der Waals surface area contributed by atoms with Gasteiger partial charge in [-0.1, -0.05) is 52.4 Å². The number of unbranched alkanes of at least 4 members (excludes halogenated alkanes) is 6. The van der Waals surface area contributed by atoms with Crippen LogP contribution in [0.3, 0.4) is 0 Å². The van der Waals surface area contributed by atoms with Gasteiger partial charge in [0, 0.05) is 11.1 Å². The van der Waals surface area contributed by atoms with Gasteiger partial charge in [0.2, 0.25) is 0 Å². The lowest BCUT2D eigenvalue weighted by atomic mass is 10.0. The summed E-state index contributed by atoms with van der Waals surface area (Å²) in [6.45, 7) is 6.11. The van der Waals surface area contributed by atoms with E-state index in [0.717, 1.165) is 32.4 Å². The lowest BCUT2D eigenvalue weighted by Crippen LogP contribution is -2.17. The van der Waals surface area contributed by atoms with Crippen LogP contribution in [0.2, 0.25) is 0 Å². The van der Waals surface area contributed by atoms with Crippen molar-refractivity contribution in [2.45, 2.75) is 71.6 Å². The molecule has 0 fully saturated rings. The summed E-state index contributed by atoms with van der Waals surface area (Å²) in [5.74, 6) is -0.726. The molecule has 0 aliphatic heterocycles. The molecule has 0 saturated carbocycles. The van der Waals surface area contributed by atoms with E-state index >= 15 is 0 Å². The standard InChI is InChI=1S/C15H30N2O2/c1-3-4-5-6-7-9-12-16-13-10-8-11-14(2)15(18)17-19/h14,16H,3-13H2,1-2H3/t14-/m0/s1. The quantitative estimate of drug-likeness (QED) is 0.406. The number of carbonyl (C=O) groups excluding carboxylic acids is 1. The van der Waals surface area contributed by atoms with E-state index in [4.69, 9.17) is 0 Å². The van der Waals surface area contributed by atoms with E-state index in [9.17, 15) is 9.70 Å². The molecule has 0 heterocycles. The molecule has 0 bridgehead atoms. The highest BCUT2D eigenvalue weighted by Gasteiger charge is 2.11. The number of amides is 1. The summed E-state index contributed by atoms with van der Waals surface area (Å²) < 4.78 is 0. The zero-order chi connectivity index (χ0) is 14.3. The van der Waals surface area contributed by atoms with Gasteiger partial charge in [-0.05, 0) is 32.4 Å². The molecule has 19 heavy (non-hydrogen) atoms. The molecular weight excluding hydrogens is 240 g/mol. The highest BCUT2D eigenvalue weighted by Crippen LogP contribution is 2.09. The third kappa shape index (κ3) is 12.0. The number of nitrogens with one attached hydrogen (secondary N) is 1. The Hall–Kier alpha value is -0.770. The van der Waals surface area contributed by atoms with Gasteiger partial charge >= 0.3 is 0 Å². The van der Waals surface area contributed by atoms with Crippen LogP contribution in [0.4, 0.5) is 0 Å². The average molecular weight is 270 g/mol. The highest BCUT2D eigenvalue weighted by atomic mass is 16.3. The summed E-state index contributed by atoms with van der Waals surface area (Å²) in [7, 11) is 0. The first-order valence-corrected chi connectivity index (χ1v) is 7.80. The zero-order valence-corrected chi connectivity index (χ0v) is 12.6. The van der Waals surface area contributed by atoms with Crippen LogP contribution in [0, 0.1) is 10.8 Å². The molecule has 0 radical (unpaired) electrons. The van der Waals surface area contributed by atoms with E-state index in [1.807, 2.05) is 0 Å². The smallest absolute Gasteiger partial charge is 0.289 e. The second-order valence-electron chi connectivity index (χ2n) is 5.34. The second kappa shape index (κ2) is 13.7. The van der Waals surface area contributed by atoms with Gasteiger partial charge in [-0.15, -0.1) is 4.91 Å². The largest absolute Gasteiger partial charge is 0.317 e. The predicted octanol–water partition coefficient (Wildman–Crippen LogP) is 4.04. The SMILES string of the molecule is CCCCCCCCNCCCC[C@H](C)C(=O)N=O. The van der Waals surface area contributed by atoms with E-state index in [1.165, 1.54) is 38.5 Å². The van der Waals surface area contributed by atoms with Crippen LogP contribution in [0.15, 0.2) is 5.18 Å². The first kappa shape index (κ1) is 18.2. The minimum atomic E-state index is -0.514. The number of hydrogen-bond acceptors (Lipinski definition) is 3. The molecule has 0 aromatic heterocycles. The molecule has 112 valence electrons. The average Bonchev–Trinajstić information content (AvgIpc) is 2.43. The Morgan fingerprint density at radius 1 is 1.00 bits per heavy atom. The Morgan fingerprint density at radius 3 is 2.21 bits per heavy atom. The van der Waals surface area contributed by atoms with E-state index in [0.29, 0.717) is 0 Å². The molecule has 0 unspecified atom stereocenters. The topological polar surface area (TPSA) is 58.5 Å². The molecule has 0 rings (SSSR count). The highest BCUT2D eigenvalue weighted by molar-refractivity contribution is 5.78. The minimum absolute atomic E-state index is 0.212. The molecule has 0 aliphatic carbocycles. The van der Waals surface area contributed by atoms with Crippen molar-refractivity contribution in [1.82, 2.24) is 5.32 Å². The fourth-order valence-corrected chi connectivity index (χ4v) is 2.07. The van der Waals surface area contributed by atoms with Crippen molar-refractivity contribution in [2.24, 2.45) is 11.1 Å². The third-order valence-corrected chi connectivity index (χ3v) is 3.46. The maximum atomic E-state index is 10.9. The van der Waals surface area contributed by atoms with Gasteiger partial charge in [-0.2, -0.15) is 0 Å². The maximum Gasteiger partial charge on any atom is 0.289 e. The lowest BCUT2D eigenvalue weighted by Gasteiger charge is -2.06. The summed E-state index contributed by atoms with van der Waals surface area (Å²) >= 11 is 0. The van der Waals surface area contributed by atoms with E-state index in [-0.39, 0.29) is 5.92 Å². The minimum Gasteiger partial charge on any atom is -0.317 e. The zero-order valence-electron chi connectivity index (χ0n) is 12.6. The van der Waals surface area contributed by atoms with E-state index < -0.39 is 5.91 Å². The van der Waals surface area contributed by atoms with E-state index in [2.05, 4.69) is 17.4 Å². The van der Waals surface area contributed by atoms with Gasteiger partial charge in [-0.3, -0.25) is 4.79 Å². The number of nitroso groups, excluding NO2 is 1. The van der Waals surface area contributed by atoms with Gasteiger partial charge in [0.15, 0.2) is 0 Å². The lowest BCUT2D eigenvalue weighted by molar-refractivity contribution is -0.121. The Balaban J connectivity index is 3.14. The molecule has 0 aliphatic rings. The molecule has 1 N–H and O–H groups in total. The Labute approximate surface area is 117 Å². The molecule has 4 nitrogen and oxygen atoms in total. The van der Waals surface area contributed by atoms with Gasteiger partial charge < -0.3 is 5.32 Å². The normalized spacial score (nSPS) is 12.3. The molecule has 0 saturated heterocycles. The van der Waals surface area contributed by atoms with Crippen LogP contribution < -0.4 is 5.32 Å². The van der Waals surface area contributed by atoms with Crippen molar-refractivity contribution >= 4 is 5.91 Å². The molecule has 0 aromatic carbocycles. The molecule has 0 aromatic rings.